The summed E-state index contributed by atoms with van der Waals surface area (Å²) in [6.07, 6.45) is 3.00. The molecule has 2 aromatic rings. The summed E-state index contributed by atoms with van der Waals surface area (Å²) in [5.41, 5.74) is 3.99. The zero-order valence-corrected chi connectivity index (χ0v) is 15.2. The average molecular weight is 375 g/mol. The molecule has 0 atom stereocenters. The number of sulfonamides is 1. The molecule has 0 spiro atoms. The Morgan fingerprint density at radius 3 is 2.42 bits per heavy atom. The molecule has 0 saturated carbocycles. The molecule has 138 valence electrons. The van der Waals surface area contributed by atoms with Crippen molar-refractivity contribution in [2.45, 2.75) is 6.42 Å². The summed E-state index contributed by atoms with van der Waals surface area (Å²) in [4.78, 5) is 12.0. The number of hydrogen-bond donors (Lipinski definition) is 2. The minimum atomic E-state index is -3.52. The van der Waals surface area contributed by atoms with E-state index in [1.54, 1.807) is 12.1 Å². The first-order valence-corrected chi connectivity index (χ1v) is 9.79. The van der Waals surface area contributed by atoms with Crippen molar-refractivity contribution in [3.05, 3.63) is 65.7 Å². The largest absolute Gasteiger partial charge is 0.508 e. The topological polar surface area (TPSA) is 99.1 Å². The third kappa shape index (κ3) is 6.66. The Bertz CT molecular complexity index is 850. The lowest BCUT2D eigenvalue weighted by Gasteiger charge is -2.18. The van der Waals surface area contributed by atoms with E-state index in [-0.39, 0.29) is 18.8 Å². The Morgan fingerprint density at radius 2 is 1.81 bits per heavy atom. The van der Waals surface area contributed by atoms with Gasteiger partial charge >= 0.3 is 0 Å². The Balaban J connectivity index is 1.90. The van der Waals surface area contributed by atoms with E-state index in [9.17, 15) is 18.3 Å². The van der Waals surface area contributed by atoms with Gasteiger partial charge in [0.1, 0.15) is 5.75 Å². The molecule has 0 radical (unpaired) electrons. The molecule has 0 saturated heterocycles. The first-order valence-electron chi connectivity index (χ1n) is 7.94. The van der Waals surface area contributed by atoms with Crippen molar-refractivity contribution in [2.24, 2.45) is 5.10 Å². The zero-order valence-electron chi connectivity index (χ0n) is 14.4. The van der Waals surface area contributed by atoms with Crippen LogP contribution in [0.5, 0.6) is 5.75 Å². The van der Waals surface area contributed by atoms with Gasteiger partial charge in [0, 0.05) is 6.54 Å². The number of benzene rings is 2. The number of hydrogen-bond acceptors (Lipinski definition) is 5. The molecule has 0 aromatic heterocycles. The minimum absolute atomic E-state index is 0.133. The van der Waals surface area contributed by atoms with Crippen LogP contribution in [0.1, 0.15) is 11.1 Å². The number of carbonyl (C=O) groups is 1. The Hall–Kier alpha value is -2.71. The van der Waals surface area contributed by atoms with Crippen LogP contribution in [0.2, 0.25) is 0 Å². The molecule has 0 heterocycles. The van der Waals surface area contributed by atoms with E-state index in [0.717, 1.165) is 16.1 Å². The van der Waals surface area contributed by atoms with Crippen LogP contribution in [0.3, 0.4) is 0 Å². The summed E-state index contributed by atoms with van der Waals surface area (Å²) >= 11 is 0. The van der Waals surface area contributed by atoms with Gasteiger partial charge < -0.3 is 5.11 Å². The van der Waals surface area contributed by atoms with Gasteiger partial charge in [-0.3, -0.25) is 4.79 Å². The lowest BCUT2D eigenvalue weighted by atomic mass is 10.1. The fourth-order valence-electron chi connectivity index (χ4n) is 2.20. The van der Waals surface area contributed by atoms with E-state index < -0.39 is 15.9 Å². The van der Waals surface area contributed by atoms with Crippen LogP contribution in [0.25, 0.3) is 0 Å². The number of rotatable bonds is 8. The molecule has 0 aliphatic carbocycles. The van der Waals surface area contributed by atoms with Crippen LogP contribution in [-0.2, 0) is 21.2 Å². The van der Waals surface area contributed by atoms with Gasteiger partial charge in [-0.15, -0.1) is 0 Å². The SMILES string of the molecule is CS(=O)(=O)N(CCc1ccccc1)CC(=O)N/N=C/c1ccc(O)cc1. The molecule has 0 unspecified atom stereocenters. The van der Waals surface area contributed by atoms with E-state index >= 15 is 0 Å². The summed E-state index contributed by atoms with van der Waals surface area (Å²) in [7, 11) is -3.52. The van der Waals surface area contributed by atoms with E-state index in [1.807, 2.05) is 30.3 Å². The highest BCUT2D eigenvalue weighted by atomic mass is 32.2. The number of aromatic hydroxyl groups is 1. The van der Waals surface area contributed by atoms with Crippen molar-refractivity contribution >= 4 is 22.1 Å². The van der Waals surface area contributed by atoms with Crippen molar-refractivity contribution in [1.82, 2.24) is 9.73 Å². The van der Waals surface area contributed by atoms with Gasteiger partial charge in [-0.1, -0.05) is 30.3 Å². The number of hydrazone groups is 1. The van der Waals surface area contributed by atoms with E-state index in [4.69, 9.17) is 0 Å². The smallest absolute Gasteiger partial charge is 0.255 e. The predicted molar refractivity (Wildman–Crippen MR) is 100 cm³/mol. The number of amides is 1. The van der Waals surface area contributed by atoms with Gasteiger partial charge in [0.05, 0.1) is 19.0 Å². The zero-order chi connectivity index (χ0) is 19.0. The van der Waals surface area contributed by atoms with Crippen LogP contribution < -0.4 is 5.43 Å². The molecule has 1 amide bonds. The van der Waals surface area contributed by atoms with Crippen molar-refractivity contribution < 1.29 is 18.3 Å². The molecule has 2 N–H and O–H groups in total. The first-order chi connectivity index (χ1) is 12.3. The van der Waals surface area contributed by atoms with Crippen molar-refractivity contribution in [3.8, 4) is 5.75 Å². The van der Waals surface area contributed by atoms with Gasteiger partial charge in [-0.25, -0.2) is 13.8 Å². The molecular weight excluding hydrogens is 354 g/mol. The maximum Gasteiger partial charge on any atom is 0.255 e. The normalized spacial score (nSPS) is 11.8. The molecule has 2 rings (SSSR count). The minimum Gasteiger partial charge on any atom is -0.508 e. The fraction of sp³-hybridized carbons (Fsp3) is 0.222. The highest BCUT2D eigenvalue weighted by Crippen LogP contribution is 2.07. The maximum absolute atomic E-state index is 12.0. The summed E-state index contributed by atoms with van der Waals surface area (Å²) in [6.45, 7) is -0.101. The monoisotopic (exact) mass is 375 g/mol. The molecule has 0 fully saturated rings. The summed E-state index contributed by atoms with van der Waals surface area (Å²) < 4.78 is 24.9. The van der Waals surface area contributed by atoms with E-state index in [0.29, 0.717) is 12.0 Å². The number of phenolic OH excluding ortho intramolecular Hbond substituents is 1. The van der Waals surface area contributed by atoms with Gasteiger partial charge in [0.15, 0.2) is 0 Å². The lowest BCUT2D eigenvalue weighted by Crippen LogP contribution is -2.40. The van der Waals surface area contributed by atoms with E-state index in [2.05, 4.69) is 10.5 Å². The fourth-order valence-corrected chi connectivity index (χ4v) is 2.97. The number of nitrogens with one attached hydrogen (secondary N) is 1. The molecule has 26 heavy (non-hydrogen) atoms. The second-order valence-electron chi connectivity index (χ2n) is 5.72. The quantitative estimate of drug-likeness (QED) is 0.537. The summed E-state index contributed by atoms with van der Waals surface area (Å²) in [5, 5.41) is 13.0. The third-order valence-corrected chi connectivity index (χ3v) is 4.83. The number of phenols is 1. The third-order valence-electron chi connectivity index (χ3n) is 3.58. The molecule has 0 aliphatic heterocycles. The van der Waals surface area contributed by atoms with Gasteiger partial charge in [-0.05, 0) is 41.8 Å². The standard InChI is InChI=1S/C18H21N3O4S/c1-26(24,25)21(12-11-15-5-3-2-4-6-15)14-18(23)20-19-13-16-7-9-17(22)10-8-16/h2-10,13,22H,11-12,14H2,1H3,(H,20,23)/b19-13+. The highest BCUT2D eigenvalue weighted by molar-refractivity contribution is 7.88. The predicted octanol–water partition coefficient (Wildman–Crippen LogP) is 1.35. The second-order valence-corrected chi connectivity index (χ2v) is 7.70. The van der Waals surface area contributed by atoms with Crippen LogP contribution in [-0.4, -0.2) is 49.3 Å². The van der Waals surface area contributed by atoms with Gasteiger partial charge in [0.2, 0.25) is 10.0 Å². The van der Waals surface area contributed by atoms with Crippen molar-refractivity contribution in [2.75, 3.05) is 19.3 Å². The van der Waals surface area contributed by atoms with Gasteiger partial charge in [-0.2, -0.15) is 9.41 Å². The van der Waals surface area contributed by atoms with Crippen molar-refractivity contribution in [3.63, 3.8) is 0 Å². The van der Waals surface area contributed by atoms with Crippen LogP contribution in [0.15, 0.2) is 59.7 Å². The highest BCUT2D eigenvalue weighted by Gasteiger charge is 2.19. The second kappa shape index (κ2) is 9.12. The molecule has 0 aliphatic rings. The molecule has 2 aromatic carbocycles. The summed E-state index contributed by atoms with van der Waals surface area (Å²) in [6, 6.07) is 15.7. The van der Waals surface area contributed by atoms with Crippen LogP contribution >= 0.6 is 0 Å². The number of nitrogens with zero attached hydrogens (tertiary/aromatic N) is 2. The molecular formula is C18H21N3O4S. The Kier molecular flexibility index (Phi) is 6.88. The maximum atomic E-state index is 12.0. The first kappa shape index (κ1) is 19.6. The number of carbonyl (C=O) groups excluding carboxylic acids is 1. The van der Waals surface area contributed by atoms with Crippen LogP contribution in [0, 0.1) is 0 Å². The Labute approximate surface area is 153 Å². The molecule has 8 heteroatoms. The lowest BCUT2D eigenvalue weighted by molar-refractivity contribution is -0.121. The van der Waals surface area contributed by atoms with Gasteiger partial charge in [0.25, 0.3) is 5.91 Å². The van der Waals surface area contributed by atoms with Crippen molar-refractivity contribution in [1.29, 1.82) is 0 Å². The van der Waals surface area contributed by atoms with Crippen LogP contribution in [0.4, 0.5) is 0 Å². The average Bonchev–Trinajstić information content (AvgIpc) is 2.60. The van der Waals surface area contributed by atoms with E-state index in [1.165, 1.54) is 18.3 Å². The summed E-state index contributed by atoms with van der Waals surface area (Å²) in [5.74, 6) is -0.396. The molecule has 7 nitrogen and oxygen atoms in total. The Morgan fingerprint density at radius 1 is 1.15 bits per heavy atom. The molecule has 0 bridgehead atoms.